The van der Waals surface area contributed by atoms with Crippen molar-refractivity contribution in [2.24, 2.45) is 0 Å². The van der Waals surface area contributed by atoms with E-state index in [1.165, 1.54) is 0 Å². The number of amides is 1. The Morgan fingerprint density at radius 3 is 3.00 bits per heavy atom. The number of carbonyl (C=O) groups excluding carboxylic acids is 1. The first kappa shape index (κ1) is 13.4. The monoisotopic (exact) mass is 230 g/mol. The largest absolute Gasteiger partial charge is 0.382 e. The van der Waals surface area contributed by atoms with E-state index in [0.717, 1.165) is 25.9 Å². The third kappa shape index (κ3) is 4.08. The van der Waals surface area contributed by atoms with Crippen LogP contribution in [0.2, 0.25) is 0 Å². The molecule has 1 amide bonds. The zero-order valence-electron chi connectivity index (χ0n) is 10.2. The van der Waals surface area contributed by atoms with Crippen molar-refractivity contribution in [3.63, 3.8) is 0 Å². The van der Waals surface area contributed by atoms with E-state index in [2.05, 4.69) is 5.32 Å². The molecule has 0 saturated carbocycles. The number of methoxy groups -OCH3 is 1. The SMILES string of the molecule is CNCC1CCCN1C(=O)COCCOC. The van der Waals surface area contributed by atoms with Crippen LogP contribution in [0.15, 0.2) is 0 Å². The van der Waals surface area contributed by atoms with Crippen molar-refractivity contribution in [1.29, 1.82) is 0 Å². The maximum absolute atomic E-state index is 11.8. The van der Waals surface area contributed by atoms with Crippen LogP contribution >= 0.6 is 0 Å². The predicted molar refractivity (Wildman–Crippen MR) is 61.4 cm³/mol. The molecule has 0 spiro atoms. The molecule has 16 heavy (non-hydrogen) atoms. The zero-order chi connectivity index (χ0) is 11.8. The summed E-state index contributed by atoms with van der Waals surface area (Å²) in [6.45, 7) is 2.91. The second-order valence-electron chi connectivity index (χ2n) is 3.99. The molecule has 0 aromatic rings. The van der Waals surface area contributed by atoms with Crippen molar-refractivity contribution in [3.8, 4) is 0 Å². The van der Waals surface area contributed by atoms with Gasteiger partial charge < -0.3 is 19.7 Å². The van der Waals surface area contributed by atoms with Crippen LogP contribution in [-0.4, -0.2) is 63.9 Å². The fourth-order valence-corrected chi connectivity index (χ4v) is 2.00. The molecule has 0 aromatic heterocycles. The first-order valence-electron chi connectivity index (χ1n) is 5.80. The summed E-state index contributed by atoms with van der Waals surface area (Å²) in [6, 6.07) is 0.337. The van der Waals surface area contributed by atoms with E-state index < -0.39 is 0 Å². The van der Waals surface area contributed by atoms with Gasteiger partial charge in [-0.1, -0.05) is 0 Å². The van der Waals surface area contributed by atoms with E-state index in [-0.39, 0.29) is 12.5 Å². The molecule has 0 bridgehead atoms. The highest BCUT2D eigenvalue weighted by molar-refractivity contribution is 5.78. The predicted octanol–water partition coefficient (Wildman–Crippen LogP) is -0.140. The molecule has 5 nitrogen and oxygen atoms in total. The zero-order valence-corrected chi connectivity index (χ0v) is 10.2. The van der Waals surface area contributed by atoms with Gasteiger partial charge in [0.1, 0.15) is 6.61 Å². The number of ether oxygens (including phenoxy) is 2. The molecular formula is C11H22N2O3. The van der Waals surface area contributed by atoms with Crippen molar-refractivity contribution in [2.45, 2.75) is 18.9 Å². The number of rotatable bonds is 7. The van der Waals surface area contributed by atoms with E-state index in [1.807, 2.05) is 11.9 Å². The summed E-state index contributed by atoms with van der Waals surface area (Å²) >= 11 is 0. The maximum Gasteiger partial charge on any atom is 0.248 e. The molecule has 1 fully saturated rings. The molecule has 5 heteroatoms. The summed E-state index contributed by atoms with van der Waals surface area (Å²) in [5.41, 5.74) is 0. The van der Waals surface area contributed by atoms with Gasteiger partial charge in [-0.3, -0.25) is 4.79 Å². The smallest absolute Gasteiger partial charge is 0.248 e. The molecule has 1 unspecified atom stereocenters. The highest BCUT2D eigenvalue weighted by Gasteiger charge is 2.27. The number of likely N-dealkylation sites (N-methyl/N-ethyl adjacent to an activating group) is 1. The summed E-state index contributed by atoms with van der Waals surface area (Å²) in [7, 11) is 3.53. The highest BCUT2D eigenvalue weighted by atomic mass is 16.5. The minimum absolute atomic E-state index is 0.0915. The second kappa shape index (κ2) is 7.60. The molecular weight excluding hydrogens is 208 g/mol. The van der Waals surface area contributed by atoms with Crippen LogP contribution < -0.4 is 5.32 Å². The number of nitrogens with zero attached hydrogens (tertiary/aromatic N) is 1. The minimum Gasteiger partial charge on any atom is -0.382 e. The molecule has 94 valence electrons. The summed E-state index contributed by atoms with van der Waals surface area (Å²) in [6.07, 6.45) is 2.18. The van der Waals surface area contributed by atoms with Crippen LogP contribution in [-0.2, 0) is 14.3 Å². The van der Waals surface area contributed by atoms with Gasteiger partial charge >= 0.3 is 0 Å². The van der Waals surface area contributed by atoms with Crippen LogP contribution in [0.25, 0.3) is 0 Å². The highest BCUT2D eigenvalue weighted by Crippen LogP contribution is 2.16. The molecule has 1 aliphatic rings. The van der Waals surface area contributed by atoms with Crippen molar-refractivity contribution in [3.05, 3.63) is 0 Å². The molecule has 1 rings (SSSR count). The normalized spacial score (nSPS) is 20.4. The number of hydrogen-bond donors (Lipinski definition) is 1. The van der Waals surface area contributed by atoms with Crippen LogP contribution in [0.1, 0.15) is 12.8 Å². The summed E-state index contributed by atoms with van der Waals surface area (Å²) in [5.74, 6) is 0.0915. The molecule has 1 N–H and O–H groups in total. The van der Waals surface area contributed by atoms with Crippen LogP contribution in [0.3, 0.4) is 0 Å². The summed E-state index contributed by atoms with van der Waals surface area (Å²) in [5, 5.41) is 3.12. The van der Waals surface area contributed by atoms with Gasteiger partial charge in [0, 0.05) is 26.2 Å². The van der Waals surface area contributed by atoms with Gasteiger partial charge in [0.2, 0.25) is 5.91 Å². The summed E-state index contributed by atoms with van der Waals surface area (Å²) < 4.78 is 10.1. The Hall–Kier alpha value is -0.650. The van der Waals surface area contributed by atoms with Gasteiger partial charge in [-0.2, -0.15) is 0 Å². The van der Waals surface area contributed by atoms with Crippen LogP contribution in [0.4, 0.5) is 0 Å². The Kier molecular flexibility index (Phi) is 6.37. The Morgan fingerprint density at radius 1 is 1.50 bits per heavy atom. The van der Waals surface area contributed by atoms with Crippen molar-refractivity contribution in [2.75, 3.05) is 47.1 Å². The first-order chi connectivity index (χ1) is 7.79. The quantitative estimate of drug-likeness (QED) is 0.619. The van der Waals surface area contributed by atoms with E-state index in [0.29, 0.717) is 19.3 Å². The lowest BCUT2D eigenvalue weighted by Crippen LogP contribution is -2.42. The average Bonchev–Trinajstić information content (AvgIpc) is 2.73. The first-order valence-corrected chi connectivity index (χ1v) is 5.80. The van der Waals surface area contributed by atoms with E-state index >= 15 is 0 Å². The lowest BCUT2D eigenvalue weighted by atomic mass is 10.2. The number of carbonyl (C=O) groups is 1. The van der Waals surface area contributed by atoms with Gasteiger partial charge in [-0.15, -0.1) is 0 Å². The third-order valence-corrected chi connectivity index (χ3v) is 2.79. The van der Waals surface area contributed by atoms with E-state index in [1.54, 1.807) is 7.11 Å². The van der Waals surface area contributed by atoms with Gasteiger partial charge in [0.05, 0.1) is 13.2 Å². The number of hydrogen-bond acceptors (Lipinski definition) is 4. The van der Waals surface area contributed by atoms with Crippen molar-refractivity contribution < 1.29 is 14.3 Å². The lowest BCUT2D eigenvalue weighted by Gasteiger charge is -2.24. The maximum atomic E-state index is 11.8. The molecule has 1 aliphatic heterocycles. The lowest BCUT2D eigenvalue weighted by molar-refractivity contribution is -0.137. The topological polar surface area (TPSA) is 50.8 Å². The van der Waals surface area contributed by atoms with Gasteiger partial charge in [0.15, 0.2) is 0 Å². The molecule has 0 aromatic carbocycles. The van der Waals surface area contributed by atoms with Crippen molar-refractivity contribution in [1.82, 2.24) is 10.2 Å². The number of nitrogens with one attached hydrogen (secondary N) is 1. The average molecular weight is 230 g/mol. The molecule has 1 heterocycles. The van der Waals surface area contributed by atoms with E-state index in [9.17, 15) is 4.79 Å². The van der Waals surface area contributed by atoms with E-state index in [4.69, 9.17) is 9.47 Å². The Labute approximate surface area is 97.1 Å². The van der Waals surface area contributed by atoms with Gasteiger partial charge in [0.25, 0.3) is 0 Å². The standard InChI is InChI=1S/C11H22N2O3/c1-12-8-10-4-3-5-13(10)11(14)9-16-7-6-15-2/h10,12H,3-9H2,1-2H3. The van der Waals surface area contributed by atoms with Crippen LogP contribution in [0, 0.1) is 0 Å². The Balaban J connectivity index is 2.23. The van der Waals surface area contributed by atoms with Crippen LogP contribution in [0.5, 0.6) is 0 Å². The second-order valence-corrected chi connectivity index (χ2v) is 3.99. The van der Waals surface area contributed by atoms with Crippen molar-refractivity contribution >= 4 is 5.91 Å². The molecule has 1 atom stereocenters. The molecule has 0 radical (unpaired) electrons. The Bertz CT molecular complexity index is 211. The summed E-state index contributed by atoms with van der Waals surface area (Å²) in [4.78, 5) is 13.7. The minimum atomic E-state index is 0.0915. The fraction of sp³-hybridized carbons (Fsp3) is 0.909. The Morgan fingerprint density at radius 2 is 2.31 bits per heavy atom. The molecule has 1 saturated heterocycles. The molecule has 0 aliphatic carbocycles. The number of likely N-dealkylation sites (tertiary alicyclic amines) is 1. The van der Waals surface area contributed by atoms with Gasteiger partial charge in [-0.25, -0.2) is 0 Å². The third-order valence-electron chi connectivity index (χ3n) is 2.79. The fourth-order valence-electron chi connectivity index (χ4n) is 2.00. The van der Waals surface area contributed by atoms with Gasteiger partial charge in [-0.05, 0) is 19.9 Å².